The zero-order chi connectivity index (χ0) is 27.9. The zero-order valence-electron chi connectivity index (χ0n) is 22.8. The first-order valence-electron chi connectivity index (χ1n) is 14.1. The molecule has 3 nitrogen and oxygen atoms in total. The van der Waals surface area contributed by atoms with E-state index in [0.717, 1.165) is 60.9 Å². The van der Waals surface area contributed by atoms with E-state index in [1.807, 2.05) is 24.5 Å². The SMILES string of the molecule is c1ccc(-c2cccc(N(c3cccc(-c4ccccc4)c3)c3c4cnccc4cc4c3oc3ccccc34)c2)cc1. The van der Waals surface area contributed by atoms with Crippen molar-refractivity contribution in [1.29, 1.82) is 0 Å². The average Bonchev–Trinajstić information content (AvgIpc) is 3.44. The van der Waals surface area contributed by atoms with Crippen molar-refractivity contribution in [1.82, 2.24) is 4.98 Å². The highest BCUT2D eigenvalue weighted by Gasteiger charge is 2.23. The summed E-state index contributed by atoms with van der Waals surface area (Å²) in [4.78, 5) is 6.89. The van der Waals surface area contributed by atoms with Crippen molar-refractivity contribution in [2.24, 2.45) is 0 Å². The van der Waals surface area contributed by atoms with Gasteiger partial charge in [-0.25, -0.2) is 0 Å². The fourth-order valence-electron chi connectivity index (χ4n) is 5.93. The standard InChI is InChI=1S/C39H26N2O/c1-3-11-27(12-4-1)29-15-9-17-32(23-29)41(33-18-10-16-30(24-33)28-13-5-2-6-14-28)38-36-26-40-22-21-31(36)25-35-34-19-7-8-20-37(34)42-39(35)38/h1-26H. The highest BCUT2D eigenvalue weighted by molar-refractivity contribution is 6.19. The van der Waals surface area contributed by atoms with E-state index in [4.69, 9.17) is 4.42 Å². The van der Waals surface area contributed by atoms with Gasteiger partial charge in [-0.15, -0.1) is 0 Å². The molecule has 0 spiro atoms. The van der Waals surface area contributed by atoms with E-state index in [0.29, 0.717) is 0 Å². The molecule has 8 rings (SSSR count). The lowest BCUT2D eigenvalue weighted by Gasteiger charge is -2.28. The van der Waals surface area contributed by atoms with Crippen LogP contribution in [0.15, 0.2) is 162 Å². The average molecular weight is 539 g/mol. The zero-order valence-corrected chi connectivity index (χ0v) is 22.8. The lowest BCUT2D eigenvalue weighted by Crippen LogP contribution is -2.11. The minimum Gasteiger partial charge on any atom is -0.454 e. The topological polar surface area (TPSA) is 29.3 Å². The molecule has 0 aliphatic rings. The van der Waals surface area contributed by atoms with Gasteiger partial charge in [0.25, 0.3) is 0 Å². The lowest BCUT2D eigenvalue weighted by atomic mass is 10.0. The normalized spacial score (nSPS) is 11.3. The van der Waals surface area contributed by atoms with Gasteiger partial charge in [-0.3, -0.25) is 4.98 Å². The first-order chi connectivity index (χ1) is 20.8. The number of hydrogen-bond acceptors (Lipinski definition) is 3. The Balaban J connectivity index is 1.46. The van der Waals surface area contributed by atoms with Gasteiger partial charge in [-0.2, -0.15) is 0 Å². The fraction of sp³-hybridized carbons (Fsp3) is 0. The monoisotopic (exact) mass is 538 g/mol. The number of aromatic nitrogens is 1. The maximum absolute atomic E-state index is 6.68. The van der Waals surface area contributed by atoms with Crippen LogP contribution < -0.4 is 4.90 Å². The Morgan fingerprint density at radius 1 is 0.476 bits per heavy atom. The van der Waals surface area contributed by atoms with Crippen LogP contribution in [-0.2, 0) is 0 Å². The van der Waals surface area contributed by atoms with Gasteiger partial charge in [0.2, 0.25) is 0 Å². The maximum Gasteiger partial charge on any atom is 0.160 e. The number of hydrogen-bond donors (Lipinski definition) is 0. The maximum atomic E-state index is 6.68. The second-order valence-electron chi connectivity index (χ2n) is 10.5. The van der Waals surface area contributed by atoms with Gasteiger partial charge in [0, 0.05) is 39.9 Å². The molecule has 0 unspecified atom stereocenters. The minimum absolute atomic E-state index is 0.840. The summed E-state index contributed by atoms with van der Waals surface area (Å²) in [6, 6.07) is 51.1. The Hall–Kier alpha value is -5.67. The van der Waals surface area contributed by atoms with E-state index in [1.54, 1.807) is 0 Å². The second-order valence-corrected chi connectivity index (χ2v) is 10.5. The Bertz CT molecular complexity index is 2120. The third-order valence-corrected chi connectivity index (χ3v) is 7.91. The van der Waals surface area contributed by atoms with Crippen molar-refractivity contribution in [3.8, 4) is 22.3 Å². The molecule has 0 saturated carbocycles. The highest BCUT2D eigenvalue weighted by atomic mass is 16.3. The largest absolute Gasteiger partial charge is 0.454 e. The quantitative estimate of drug-likeness (QED) is 0.218. The van der Waals surface area contributed by atoms with Gasteiger partial charge in [0.05, 0.1) is 5.69 Å². The van der Waals surface area contributed by atoms with Gasteiger partial charge in [0.1, 0.15) is 5.58 Å². The molecule has 0 amide bonds. The summed E-state index contributed by atoms with van der Waals surface area (Å²) in [7, 11) is 0. The predicted octanol–water partition coefficient (Wildman–Crippen LogP) is 10.9. The van der Waals surface area contributed by atoms with Crippen LogP contribution in [0, 0.1) is 0 Å². The summed E-state index contributed by atoms with van der Waals surface area (Å²) in [5, 5.41) is 4.33. The molecule has 0 N–H and O–H groups in total. The molecule has 0 aliphatic heterocycles. The van der Waals surface area contributed by atoms with Gasteiger partial charge < -0.3 is 9.32 Å². The highest BCUT2D eigenvalue weighted by Crippen LogP contribution is 2.47. The number of nitrogens with zero attached hydrogens (tertiary/aromatic N) is 2. The molecule has 2 heterocycles. The summed E-state index contributed by atoms with van der Waals surface area (Å²) in [5.41, 5.74) is 9.41. The van der Waals surface area contributed by atoms with Crippen LogP contribution in [0.25, 0.3) is 55.0 Å². The molecule has 6 aromatic carbocycles. The summed E-state index contributed by atoms with van der Waals surface area (Å²) >= 11 is 0. The number of furan rings is 1. The van der Waals surface area contributed by atoms with Crippen LogP contribution >= 0.6 is 0 Å². The van der Waals surface area contributed by atoms with Gasteiger partial charge >= 0.3 is 0 Å². The van der Waals surface area contributed by atoms with E-state index < -0.39 is 0 Å². The van der Waals surface area contributed by atoms with Crippen molar-refractivity contribution in [2.45, 2.75) is 0 Å². The Kier molecular flexibility index (Phi) is 5.79. The Morgan fingerprint density at radius 2 is 1.07 bits per heavy atom. The molecule has 198 valence electrons. The van der Waals surface area contributed by atoms with Crippen molar-refractivity contribution >= 4 is 49.8 Å². The molecule has 0 aliphatic carbocycles. The molecule has 8 aromatic rings. The van der Waals surface area contributed by atoms with Crippen LogP contribution in [0.5, 0.6) is 0 Å². The van der Waals surface area contributed by atoms with Crippen molar-refractivity contribution in [3.05, 3.63) is 158 Å². The molecular weight excluding hydrogens is 512 g/mol. The van der Waals surface area contributed by atoms with E-state index in [-0.39, 0.29) is 0 Å². The summed E-state index contributed by atoms with van der Waals surface area (Å²) < 4.78 is 6.68. The Labute approximate surface area is 243 Å². The Morgan fingerprint density at radius 3 is 1.74 bits per heavy atom. The third-order valence-electron chi connectivity index (χ3n) is 7.91. The van der Waals surface area contributed by atoms with Crippen LogP contribution in [0.1, 0.15) is 0 Å². The van der Waals surface area contributed by atoms with E-state index in [2.05, 4.69) is 143 Å². The summed E-state index contributed by atoms with van der Waals surface area (Å²) in [6.07, 6.45) is 3.81. The third kappa shape index (κ3) is 4.11. The number of benzene rings is 6. The first kappa shape index (κ1) is 24.2. The number of pyridine rings is 1. The van der Waals surface area contributed by atoms with Crippen molar-refractivity contribution < 1.29 is 4.42 Å². The lowest BCUT2D eigenvalue weighted by molar-refractivity contribution is 0.669. The van der Waals surface area contributed by atoms with Gasteiger partial charge in [-0.1, -0.05) is 103 Å². The number of anilines is 3. The minimum atomic E-state index is 0.840. The van der Waals surface area contributed by atoms with E-state index in [9.17, 15) is 0 Å². The molecule has 42 heavy (non-hydrogen) atoms. The van der Waals surface area contributed by atoms with Crippen molar-refractivity contribution in [3.63, 3.8) is 0 Å². The summed E-state index contributed by atoms with van der Waals surface area (Å²) in [6.45, 7) is 0. The van der Waals surface area contributed by atoms with Crippen LogP contribution in [0.3, 0.4) is 0 Å². The molecule has 2 aromatic heterocycles. The van der Waals surface area contributed by atoms with Gasteiger partial charge in [-0.05, 0) is 70.1 Å². The molecule has 0 saturated heterocycles. The predicted molar refractivity (Wildman–Crippen MR) is 175 cm³/mol. The van der Waals surface area contributed by atoms with Crippen molar-refractivity contribution in [2.75, 3.05) is 4.90 Å². The fourth-order valence-corrected chi connectivity index (χ4v) is 5.93. The smallest absolute Gasteiger partial charge is 0.160 e. The van der Waals surface area contributed by atoms with Crippen LogP contribution in [0.2, 0.25) is 0 Å². The molecular formula is C39H26N2O. The molecule has 0 radical (unpaired) electrons. The van der Waals surface area contributed by atoms with E-state index in [1.165, 1.54) is 11.1 Å². The number of para-hydroxylation sites is 1. The number of fused-ring (bicyclic) bond motifs is 4. The van der Waals surface area contributed by atoms with E-state index >= 15 is 0 Å². The first-order valence-corrected chi connectivity index (χ1v) is 14.1. The summed E-state index contributed by atoms with van der Waals surface area (Å²) in [5.74, 6) is 0. The molecule has 3 heteroatoms. The number of rotatable bonds is 5. The molecule has 0 bridgehead atoms. The van der Waals surface area contributed by atoms with Gasteiger partial charge in [0.15, 0.2) is 5.58 Å². The second kappa shape index (κ2) is 10.1. The van der Waals surface area contributed by atoms with Crippen LogP contribution in [0.4, 0.5) is 17.1 Å². The molecule has 0 atom stereocenters. The van der Waals surface area contributed by atoms with Crippen LogP contribution in [-0.4, -0.2) is 4.98 Å². The molecule has 0 fully saturated rings.